The normalized spacial score (nSPS) is 9.73. The molecule has 0 aliphatic carbocycles. The minimum Gasteiger partial charge on any atom is -0.357 e. The van der Waals surface area contributed by atoms with Crippen LogP contribution in [0.25, 0.3) is 0 Å². The van der Waals surface area contributed by atoms with Gasteiger partial charge in [-0.1, -0.05) is 0 Å². The lowest BCUT2D eigenvalue weighted by atomic mass is 10.4. The van der Waals surface area contributed by atoms with Crippen molar-refractivity contribution < 1.29 is 9.59 Å². The number of hydrogen-bond donors (Lipinski definition) is 1. The van der Waals surface area contributed by atoms with Crippen molar-refractivity contribution in [2.45, 2.75) is 6.92 Å². The molecule has 1 aromatic heterocycles. The van der Waals surface area contributed by atoms with E-state index < -0.39 is 0 Å². The van der Waals surface area contributed by atoms with E-state index in [0.29, 0.717) is 18.0 Å². The van der Waals surface area contributed by atoms with Gasteiger partial charge in [-0.3, -0.25) is 9.59 Å². The second kappa shape index (κ2) is 5.50. The van der Waals surface area contributed by atoms with E-state index in [-0.39, 0.29) is 5.91 Å². The third-order valence-electron chi connectivity index (χ3n) is 1.86. The second-order valence-electron chi connectivity index (χ2n) is 3.10. The van der Waals surface area contributed by atoms with E-state index in [0.717, 1.165) is 11.3 Å². The molecule has 0 radical (unpaired) electrons. The van der Waals surface area contributed by atoms with Crippen molar-refractivity contribution in [1.29, 1.82) is 0 Å². The van der Waals surface area contributed by atoms with Crippen LogP contribution in [0.2, 0.25) is 0 Å². The molecule has 0 spiro atoms. The lowest BCUT2D eigenvalue weighted by Gasteiger charge is -2.15. The number of hydrogen-bond acceptors (Lipinski definition) is 4. The Kier molecular flexibility index (Phi) is 4.30. The molecule has 5 heteroatoms. The number of likely N-dealkylation sites (N-methyl/N-ethyl adjacent to an activating group) is 2. The molecule has 0 atom stereocenters. The number of carbonyl (C=O) groups excluding carboxylic acids is 2. The Hall–Kier alpha value is -1.36. The Balaban J connectivity index is 2.56. The Morgan fingerprint density at radius 2 is 2.33 bits per heavy atom. The number of aldehydes is 1. The van der Waals surface area contributed by atoms with Gasteiger partial charge in [0.25, 0.3) is 0 Å². The van der Waals surface area contributed by atoms with E-state index in [1.165, 1.54) is 11.3 Å². The van der Waals surface area contributed by atoms with Crippen molar-refractivity contribution in [2.24, 2.45) is 0 Å². The average molecular weight is 226 g/mol. The number of thiophene rings is 1. The molecule has 0 unspecified atom stereocenters. The highest BCUT2D eigenvalue weighted by Gasteiger charge is 2.08. The molecule has 1 amide bonds. The zero-order chi connectivity index (χ0) is 11.3. The van der Waals surface area contributed by atoms with Gasteiger partial charge in [0.1, 0.15) is 0 Å². The van der Waals surface area contributed by atoms with Gasteiger partial charge < -0.3 is 10.2 Å². The molecule has 0 aromatic carbocycles. The molecular formula is C10H14N2O2S. The minimum atomic E-state index is -0.0129. The summed E-state index contributed by atoms with van der Waals surface area (Å²) in [6, 6.07) is 3.59. The van der Waals surface area contributed by atoms with Gasteiger partial charge >= 0.3 is 0 Å². The summed E-state index contributed by atoms with van der Waals surface area (Å²) in [5.74, 6) is -0.0129. The fourth-order valence-electron chi connectivity index (χ4n) is 1.16. The summed E-state index contributed by atoms with van der Waals surface area (Å²) in [6.07, 6.45) is 0.814. The summed E-state index contributed by atoms with van der Waals surface area (Å²) >= 11 is 1.38. The van der Waals surface area contributed by atoms with Crippen molar-refractivity contribution in [3.05, 3.63) is 17.0 Å². The van der Waals surface area contributed by atoms with Crippen LogP contribution in [0.1, 0.15) is 16.6 Å². The largest absolute Gasteiger partial charge is 0.357 e. The zero-order valence-electron chi connectivity index (χ0n) is 8.82. The number of nitrogens with zero attached hydrogens (tertiary/aromatic N) is 1. The van der Waals surface area contributed by atoms with Crippen molar-refractivity contribution in [2.75, 3.05) is 25.0 Å². The smallest absolute Gasteiger partial charge is 0.239 e. The van der Waals surface area contributed by atoms with E-state index in [1.807, 2.05) is 24.9 Å². The van der Waals surface area contributed by atoms with Crippen LogP contribution in [0.15, 0.2) is 12.1 Å². The van der Waals surface area contributed by atoms with Crippen molar-refractivity contribution >= 4 is 28.5 Å². The molecule has 0 saturated carbocycles. The molecule has 0 fully saturated rings. The molecule has 1 aromatic rings. The first kappa shape index (κ1) is 11.7. The van der Waals surface area contributed by atoms with Gasteiger partial charge in [-0.2, -0.15) is 0 Å². The first-order chi connectivity index (χ1) is 7.17. The zero-order valence-corrected chi connectivity index (χ0v) is 9.63. The van der Waals surface area contributed by atoms with E-state index in [1.54, 1.807) is 6.07 Å². The van der Waals surface area contributed by atoms with Gasteiger partial charge in [-0.05, 0) is 19.1 Å². The molecule has 4 nitrogen and oxygen atoms in total. The number of amides is 1. The van der Waals surface area contributed by atoms with Crippen LogP contribution in [0.3, 0.4) is 0 Å². The van der Waals surface area contributed by atoms with Crippen LogP contribution in [0.4, 0.5) is 5.00 Å². The summed E-state index contributed by atoms with van der Waals surface area (Å²) in [5.41, 5.74) is 0. The molecule has 0 aliphatic heterocycles. The van der Waals surface area contributed by atoms with Crippen LogP contribution in [0, 0.1) is 0 Å². The van der Waals surface area contributed by atoms with Crippen molar-refractivity contribution in [3.63, 3.8) is 0 Å². The van der Waals surface area contributed by atoms with Gasteiger partial charge in [-0.25, -0.2) is 0 Å². The third-order valence-corrected chi connectivity index (χ3v) is 2.98. The molecule has 0 aliphatic rings. The molecule has 0 saturated heterocycles. The highest BCUT2D eigenvalue weighted by Crippen LogP contribution is 2.23. The molecule has 1 rings (SSSR count). The van der Waals surface area contributed by atoms with E-state index >= 15 is 0 Å². The third kappa shape index (κ3) is 3.36. The van der Waals surface area contributed by atoms with E-state index in [4.69, 9.17) is 0 Å². The van der Waals surface area contributed by atoms with Gasteiger partial charge in [0, 0.05) is 13.6 Å². The molecule has 1 heterocycles. The van der Waals surface area contributed by atoms with Gasteiger partial charge in [-0.15, -0.1) is 11.3 Å². The van der Waals surface area contributed by atoms with Crippen molar-refractivity contribution in [3.8, 4) is 0 Å². The highest BCUT2D eigenvalue weighted by atomic mass is 32.1. The summed E-state index contributed by atoms with van der Waals surface area (Å²) in [7, 11) is 1.83. The number of carbonyl (C=O) groups is 2. The van der Waals surface area contributed by atoms with Crippen LogP contribution < -0.4 is 10.2 Å². The van der Waals surface area contributed by atoms with Crippen LogP contribution >= 0.6 is 11.3 Å². The van der Waals surface area contributed by atoms with Crippen LogP contribution in [-0.4, -0.2) is 32.3 Å². The Morgan fingerprint density at radius 1 is 1.60 bits per heavy atom. The molecule has 15 heavy (non-hydrogen) atoms. The lowest BCUT2D eigenvalue weighted by Crippen LogP contribution is -2.34. The minimum absolute atomic E-state index is 0.0129. The first-order valence-electron chi connectivity index (χ1n) is 4.70. The predicted octanol–water partition coefficient (Wildman–Crippen LogP) is 1.13. The Morgan fingerprint density at radius 3 is 2.87 bits per heavy atom. The van der Waals surface area contributed by atoms with Crippen molar-refractivity contribution in [1.82, 2.24) is 5.32 Å². The topological polar surface area (TPSA) is 49.4 Å². The summed E-state index contributed by atoms with van der Waals surface area (Å²) in [5, 5.41) is 3.64. The maximum atomic E-state index is 11.3. The van der Waals surface area contributed by atoms with Gasteiger partial charge in [0.05, 0.1) is 16.4 Å². The van der Waals surface area contributed by atoms with E-state index in [9.17, 15) is 9.59 Å². The maximum absolute atomic E-state index is 11.3. The van der Waals surface area contributed by atoms with Crippen LogP contribution in [0.5, 0.6) is 0 Å². The number of anilines is 1. The standard InChI is InChI=1S/C10H14N2O2S/c1-3-11-9(14)6-12(2)10-5-4-8(7-13)15-10/h4-5,7H,3,6H2,1-2H3,(H,11,14). The summed E-state index contributed by atoms with van der Waals surface area (Å²) < 4.78 is 0. The second-order valence-corrected chi connectivity index (χ2v) is 4.20. The molecule has 1 N–H and O–H groups in total. The summed E-state index contributed by atoms with van der Waals surface area (Å²) in [4.78, 5) is 24.3. The Labute approximate surface area is 92.9 Å². The molecule has 82 valence electrons. The quantitative estimate of drug-likeness (QED) is 0.766. The SMILES string of the molecule is CCNC(=O)CN(C)c1ccc(C=O)s1. The first-order valence-corrected chi connectivity index (χ1v) is 5.52. The Bertz CT molecular complexity index is 349. The predicted molar refractivity (Wildman–Crippen MR) is 61.7 cm³/mol. The molecule has 0 bridgehead atoms. The summed E-state index contributed by atoms with van der Waals surface area (Å²) in [6.45, 7) is 2.83. The monoisotopic (exact) mass is 226 g/mol. The van der Waals surface area contributed by atoms with E-state index in [2.05, 4.69) is 5.32 Å². The number of nitrogens with one attached hydrogen (secondary N) is 1. The lowest BCUT2D eigenvalue weighted by molar-refractivity contribution is -0.119. The fraction of sp³-hybridized carbons (Fsp3) is 0.400. The highest BCUT2D eigenvalue weighted by molar-refractivity contribution is 7.17. The fourth-order valence-corrected chi connectivity index (χ4v) is 1.94. The maximum Gasteiger partial charge on any atom is 0.239 e. The van der Waals surface area contributed by atoms with Gasteiger partial charge in [0.2, 0.25) is 5.91 Å². The average Bonchev–Trinajstić information content (AvgIpc) is 2.66. The van der Waals surface area contributed by atoms with Crippen LogP contribution in [-0.2, 0) is 4.79 Å². The molecular weight excluding hydrogens is 212 g/mol. The van der Waals surface area contributed by atoms with Gasteiger partial charge in [0.15, 0.2) is 6.29 Å². The number of rotatable bonds is 5.